The SMILES string of the molecule is CN(C)c1ccc(-c2nn(C(=O)c3ccccc3O)[n+](-c3ccc(Cl)cc3)n2)cc1.[I-]. The minimum Gasteiger partial charge on any atom is -1.00 e. The number of benzene rings is 3. The molecule has 4 rings (SSSR count). The fourth-order valence-electron chi connectivity index (χ4n) is 2.94. The number of aromatic nitrogens is 4. The third kappa shape index (κ3) is 4.70. The number of para-hydroxylation sites is 1. The second kappa shape index (κ2) is 9.44. The predicted molar refractivity (Wildman–Crippen MR) is 114 cm³/mol. The number of anilines is 1. The summed E-state index contributed by atoms with van der Waals surface area (Å²) < 4.78 is 0. The van der Waals surface area contributed by atoms with Crippen molar-refractivity contribution in [3.05, 3.63) is 83.4 Å². The van der Waals surface area contributed by atoms with Crippen LogP contribution in [0.1, 0.15) is 10.4 Å². The maximum Gasteiger partial charge on any atom is 0.343 e. The van der Waals surface area contributed by atoms with Gasteiger partial charge in [0, 0.05) is 24.8 Å². The fourth-order valence-corrected chi connectivity index (χ4v) is 3.07. The Hall–Kier alpha value is -2.98. The molecule has 158 valence electrons. The Bertz CT molecular complexity index is 1210. The van der Waals surface area contributed by atoms with Crippen molar-refractivity contribution in [1.29, 1.82) is 0 Å². The van der Waals surface area contributed by atoms with Gasteiger partial charge in [-0.1, -0.05) is 23.7 Å². The lowest BCUT2D eigenvalue weighted by Gasteiger charge is -2.11. The van der Waals surface area contributed by atoms with Crippen LogP contribution in [-0.4, -0.2) is 40.1 Å². The van der Waals surface area contributed by atoms with Gasteiger partial charge in [-0.15, -0.1) is 0 Å². The molecule has 0 unspecified atom stereocenters. The standard InChI is InChI=1S/C22H18ClN5O2.HI/c1-26(2)17-11-7-15(8-12-17)21-24-27(18-13-9-16(23)10-14-18)28(25-21)22(30)19-5-3-4-6-20(19)29;/h3-14H,1-2H3;1H. The normalized spacial score (nSPS) is 10.4. The smallest absolute Gasteiger partial charge is 0.343 e. The monoisotopic (exact) mass is 547 g/mol. The van der Waals surface area contributed by atoms with Crippen LogP contribution in [0.3, 0.4) is 0 Å². The van der Waals surface area contributed by atoms with Crippen LogP contribution in [0.4, 0.5) is 5.69 Å². The zero-order valence-electron chi connectivity index (χ0n) is 16.8. The summed E-state index contributed by atoms with van der Waals surface area (Å²) in [5.74, 6) is -0.261. The minimum absolute atomic E-state index is 0. The quantitative estimate of drug-likeness (QED) is 0.295. The summed E-state index contributed by atoms with van der Waals surface area (Å²) in [6, 6.07) is 20.9. The van der Waals surface area contributed by atoms with Crippen molar-refractivity contribution in [3.63, 3.8) is 0 Å². The highest BCUT2D eigenvalue weighted by Crippen LogP contribution is 2.20. The van der Waals surface area contributed by atoms with Gasteiger partial charge in [-0.2, -0.15) is 0 Å². The molecule has 1 aromatic heterocycles. The number of phenolic OH excluding ortho intramolecular Hbond substituents is 1. The number of nitrogens with zero attached hydrogens (tertiary/aromatic N) is 5. The van der Waals surface area contributed by atoms with Gasteiger partial charge in [0.2, 0.25) is 0 Å². The molecule has 0 aliphatic heterocycles. The molecule has 0 saturated heterocycles. The Morgan fingerprint density at radius 3 is 2.26 bits per heavy atom. The Balaban J connectivity index is 0.00000272. The van der Waals surface area contributed by atoms with Crippen molar-refractivity contribution >= 4 is 23.2 Å². The molecule has 1 N–H and O–H groups in total. The minimum atomic E-state index is -0.508. The average Bonchev–Trinajstić information content (AvgIpc) is 3.19. The van der Waals surface area contributed by atoms with Crippen LogP contribution in [0.2, 0.25) is 5.02 Å². The number of carbonyl (C=O) groups is 1. The van der Waals surface area contributed by atoms with Crippen LogP contribution in [-0.2, 0) is 0 Å². The van der Waals surface area contributed by atoms with Crippen LogP contribution >= 0.6 is 11.6 Å². The molecule has 0 radical (unpaired) electrons. The number of phenols is 1. The van der Waals surface area contributed by atoms with Gasteiger partial charge in [-0.05, 0) is 70.6 Å². The van der Waals surface area contributed by atoms with Crippen molar-refractivity contribution < 1.29 is 38.7 Å². The van der Waals surface area contributed by atoms with Gasteiger partial charge in [-0.3, -0.25) is 4.79 Å². The van der Waals surface area contributed by atoms with E-state index in [9.17, 15) is 9.90 Å². The van der Waals surface area contributed by atoms with Gasteiger partial charge in [0.15, 0.2) is 5.69 Å². The van der Waals surface area contributed by atoms with Crippen LogP contribution in [0.5, 0.6) is 5.75 Å². The van der Waals surface area contributed by atoms with E-state index in [2.05, 4.69) is 10.2 Å². The molecular formula is C22H19ClIN5O2. The molecular weight excluding hydrogens is 529 g/mol. The molecule has 0 amide bonds. The van der Waals surface area contributed by atoms with Crippen molar-refractivity contribution in [2.75, 3.05) is 19.0 Å². The van der Waals surface area contributed by atoms with Gasteiger partial charge in [-0.25, -0.2) is 0 Å². The topological polar surface area (TPSA) is 75.1 Å². The van der Waals surface area contributed by atoms with Crippen LogP contribution in [0.15, 0.2) is 72.8 Å². The first kappa shape index (κ1) is 22.7. The Labute approximate surface area is 201 Å². The Kier molecular flexibility index (Phi) is 6.91. The molecule has 0 bridgehead atoms. The maximum atomic E-state index is 13.2. The third-order valence-corrected chi connectivity index (χ3v) is 4.83. The van der Waals surface area contributed by atoms with E-state index < -0.39 is 5.91 Å². The van der Waals surface area contributed by atoms with Crippen molar-refractivity contribution in [2.45, 2.75) is 0 Å². The lowest BCUT2D eigenvalue weighted by atomic mass is 10.2. The zero-order valence-corrected chi connectivity index (χ0v) is 19.7. The number of hydrogen-bond acceptors (Lipinski definition) is 5. The zero-order chi connectivity index (χ0) is 21.3. The van der Waals surface area contributed by atoms with E-state index in [1.54, 1.807) is 36.4 Å². The highest BCUT2D eigenvalue weighted by atomic mass is 127. The highest BCUT2D eigenvalue weighted by molar-refractivity contribution is 6.30. The summed E-state index contributed by atoms with van der Waals surface area (Å²) in [7, 11) is 3.92. The number of hydrogen-bond donors (Lipinski definition) is 1. The van der Waals surface area contributed by atoms with Gasteiger partial charge >= 0.3 is 11.7 Å². The average molecular weight is 548 g/mol. The number of tetrazole rings is 1. The molecule has 0 aliphatic rings. The molecule has 1 heterocycles. The van der Waals surface area contributed by atoms with Gasteiger partial charge < -0.3 is 34.0 Å². The van der Waals surface area contributed by atoms with Crippen molar-refractivity contribution in [3.8, 4) is 22.8 Å². The number of halogens is 2. The Morgan fingerprint density at radius 1 is 1.00 bits per heavy atom. The molecule has 4 aromatic rings. The van der Waals surface area contributed by atoms with E-state index in [0.29, 0.717) is 16.5 Å². The van der Waals surface area contributed by atoms with Crippen LogP contribution in [0.25, 0.3) is 17.1 Å². The first-order valence-corrected chi connectivity index (χ1v) is 9.58. The second-order valence-electron chi connectivity index (χ2n) is 6.84. The molecule has 0 aliphatic carbocycles. The van der Waals surface area contributed by atoms with E-state index in [1.807, 2.05) is 43.3 Å². The van der Waals surface area contributed by atoms with E-state index in [4.69, 9.17) is 11.6 Å². The number of aromatic hydroxyl groups is 1. The summed E-state index contributed by atoms with van der Waals surface area (Å²) in [5.41, 5.74) is 2.52. The lowest BCUT2D eigenvalue weighted by Crippen LogP contribution is -3.00. The highest BCUT2D eigenvalue weighted by Gasteiger charge is 2.29. The summed E-state index contributed by atoms with van der Waals surface area (Å²) in [5, 5.41) is 19.7. The van der Waals surface area contributed by atoms with E-state index in [-0.39, 0.29) is 35.3 Å². The van der Waals surface area contributed by atoms with E-state index in [1.165, 1.54) is 16.9 Å². The lowest BCUT2D eigenvalue weighted by molar-refractivity contribution is -0.732. The van der Waals surface area contributed by atoms with Crippen LogP contribution in [0, 0.1) is 0 Å². The summed E-state index contributed by atoms with van der Waals surface area (Å²) >= 11 is 6.00. The molecule has 0 atom stereocenters. The number of carbonyl (C=O) groups excluding carboxylic acids is 1. The molecule has 0 spiro atoms. The van der Waals surface area contributed by atoms with Crippen LogP contribution < -0.4 is 33.7 Å². The van der Waals surface area contributed by atoms with Gasteiger partial charge in [0.25, 0.3) is 0 Å². The predicted octanol–water partition coefficient (Wildman–Crippen LogP) is 0.339. The largest absolute Gasteiger partial charge is 1.00 e. The van der Waals surface area contributed by atoms with Gasteiger partial charge in [0.1, 0.15) is 5.75 Å². The fraction of sp³-hybridized carbons (Fsp3) is 0.0909. The molecule has 3 aromatic carbocycles. The number of rotatable bonds is 4. The molecule has 7 nitrogen and oxygen atoms in total. The Morgan fingerprint density at radius 2 is 1.65 bits per heavy atom. The summed E-state index contributed by atoms with van der Waals surface area (Å²) in [4.78, 5) is 17.7. The maximum absolute atomic E-state index is 13.2. The first-order valence-electron chi connectivity index (χ1n) is 9.20. The van der Waals surface area contributed by atoms with E-state index >= 15 is 0 Å². The molecule has 31 heavy (non-hydrogen) atoms. The van der Waals surface area contributed by atoms with Crippen molar-refractivity contribution in [2.24, 2.45) is 0 Å². The molecule has 0 fully saturated rings. The second-order valence-corrected chi connectivity index (χ2v) is 7.28. The van der Waals surface area contributed by atoms with Crippen molar-refractivity contribution in [1.82, 2.24) is 15.0 Å². The van der Waals surface area contributed by atoms with E-state index in [0.717, 1.165) is 16.0 Å². The van der Waals surface area contributed by atoms with Gasteiger partial charge in [0.05, 0.1) is 21.0 Å². The third-order valence-electron chi connectivity index (χ3n) is 4.57. The summed E-state index contributed by atoms with van der Waals surface area (Å²) in [6.07, 6.45) is 0. The first-order chi connectivity index (χ1) is 14.4. The summed E-state index contributed by atoms with van der Waals surface area (Å²) in [6.45, 7) is 0. The molecule has 0 saturated carbocycles. The molecule has 9 heteroatoms.